The molecule has 0 bridgehead atoms. The van der Waals surface area contributed by atoms with Crippen molar-refractivity contribution in [3.8, 4) is 17.0 Å². The summed E-state index contributed by atoms with van der Waals surface area (Å²) in [5.74, 6) is -0.338. The molecule has 0 spiro atoms. The van der Waals surface area contributed by atoms with E-state index >= 15 is 0 Å². The summed E-state index contributed by atoms with van der Waals surface area (Å²) in [7, 11) is 1.37. The van der Waals surface area contributed by atoms with Gasteiger partial charge in [-0.1, -0.05) is 11.6 Å². The van der Waals surface area contributed by atoms with Gasteiger partial charge in [0.15, 0.2) is 0 Å². The number of pyridine rings is 1. The van der Waals surface area contributed by atoms with Gasteiger partial charge in [0.05, 0.1) is 24.2 Å². The number of methoxy groups -OCH3 is 1. The first-order valence-electron chi connectivity index (χ1n) is 5.86. The normalized spacial score (nSPS) is 11.5. The average Bonchev–Trinajstić information content (AvgIpc) is 2.40. The Morgan fingerprint density at radius 2 is 1.90 bits per heavy atom. The molecule has 0 radical (unpaired) electrons. The summed E-state index contributed by atoms with van der Waals surface area (Å²) < 4.78 is 55.5. The summed E-state index contributed by atoms with van der Waals surface area (Å²) in [6.07, 6.45) is -5.52. The number of benzene rings is 1. The van der Waals surface area contributed by atoms with Crippen LogP contribution in [0.25, 0.3) is 11.3 Å². The Hall–Kier alpha value is -1.82. The Labute approximate surface area is 123 Å². The van der Waals surface area contributed by atoms with Crippen LogP contribution >= 0.6 is 11.6 Å². The van der Waals surface area contributed by atoms with E-state index in [1.807, 2.05) is 0 Å². The fourth-order valence-corrected chi connectivity index (χ4v) is 1.99. The summed E-state index contributed by atoms with van der Waals surface area (Å²) in [6, 6.07) is 6.42. The predicted octanol–water partition coefficient (Wildman–Crippen LogP) is 4.65. The molecule has 0 saturated heterocycles. The van der Waals surface area contributed by atoms with Crippen LogP contribution in [0.5, 0.6) is 5.75 Å². The van der Waals surface area contributed by atoms with E-state index < -0.39 is 18.4 Å². The van der Waals surface area contributed by atoms with Gasteiger partial charge in [-0.05, 0) is 30.3 Å². The number of nitrogens with zero attached hydrogens (tertiary/aromatic N) is 1. The van der Waals surface area contributed by atoms with Gasteiger partial charge >= 0.3 is 6.18 Å². The van der Waals surface area contributed by atoms with Gasteiger partial charge in [0, 0.05) is 5.56 Å². The van der Waals surface area contributed by atoms with Crippen LogP contribution in [-0.2, 0) is 6.42 Å². The highest BCUT2D eigenvalue weighted by atomic mass is 35.5. The molecule has 0 aliphatic heterocycles. The van der Waals surface area contributed by atoms with Gasteiger partial charge in [0.1, 0.15) is 17.3 Å². The fourth-order valence-electron chi connectivity index (χ4n) is 1.81. The second-order valence-electron chi connectivity index (χ2n) is 4.27. The number of rotatable bonds is 3. The van der Waals surface area contributed by atoms with Crippen molar-refractivity contribution < 1.29 is 22.3 Å². The van der Waals surface area contributed by atoms with E-state index in [0.29, 0.717) is 5.56 Å². The molecule has 1 aromatic heterocycles. The summed E-state index contributed by atoms with van der Waals surface area (Å²) >= 11 is 5.68. The number of halogens is 5. The molecule has 0 aliphatic rings. The highest BCUT2D eigenvalue weighted by Crippen LogP contribution is 2.32. The maximum Gasteiger partial charge on any atom is 0.394 e. The third-order valence-electron chi connectivity index (χ3n) is 2.71. The zero-order chi connectivity index (χ0) is 15.6. The van der Waals surface area contributed by atoms with Crippen molar-refractivity contribution in [1.29, 1.82) is 0 Å². The number of aromatic nitrogens is 1. The molecule has 2 nitrogen and oxygen atoms in total. The van der Waals surface area contributed by atoms with Crippen LogP contribution in [0.15, 0.2) is 30.3 Å². The topological polar surface area (TPSA) is 22.1 Å². The van der Waals surface area contributed by atoms with Crippen LogP contribution in [0.1, 0.15) is 5.69 Å². The van der Waals surface area contributed by atoms with E-state index in [1.54, 1.807) is 0 Å². The quantitative estimate of drug-likeness (QED) is 0.768. The second kappa shape index (κ2) is 5.89. The van der Waals surface area contributed by atoms with Gasteiger partial charge in [-0.15, -0.1) is 0 Å². The van der Waals surface area contributed by atoms with Crippen LogP contribution in [0.4, 0.5) is 17.6 Å². The van der Waals surface area contributed by atoms with E-state index in [9.17, 15) is 17.6 Å². The highest BCUT2D eigenvalue weighted by molar-refractivity contribution is 6.31. The molecular weight excluding hydrogens is 310 g/mol. The first-order chi connectivity index (χ1) is 9.80. The number of ether oxygens (including phenoxy) is 1. The Balaban J connectivity index is 2.49. The largest absolute Gasteiger partial charge is 0.494 e. The molecule has 0 N–H and O–H groups in total. The first-order valence-corrected chi connectivity index (χ1v) is 6.24. The minimum atomic E-state index is -4.36. The standard InChI is InChI=1S/C14H10ClF4NO/c1-21-12-5-3-9(7-14(17,18)19)20-13(12)8-2-4-11(16)10(15)6-8/h2-6H,7H2,1H3. The molecule has 2 aromatic rings. The van der Waals surface area contributed by atoms with Gasteiger partial charge < -0.3 is 4.74 Å². The molecule has 1 heterocycles. The Morgan fingerprint density at radius 3 is 2.48 bits per heavy atom. The third-order valence-corrected chi connectivity index (χ3v) is 3.00. The van der Waals surface area contributed by atoms with E-state index in [2.05, 4.69) is 4.98 Å². The predicted molar refractivity (Wildman–Crippen MR) is 71.0 cm³/mol. The van der Waals surface area contributed by atoms with Gasteiger partial charge in [-0.2, -0.15) is 13.2 Å². The van der Waals surface area contributed by atoms with Crippen molar-refractivity contribution >= 4 is 11.6 Å². The lowest BCUT2D eigenvalue weighted by Crippen LogP contribution is -2.13. The van der Waals surface area contributed by atoms with Crippen LogP contribution in [0.3, 0.4) is 0 Å². The lowest BCUT2D eigenvalue weighted by molar-refractivity contribution is -0.127. The van der Waals surface area contributed by atoms with Crippen molar-refractivity contribution in [2.24, 2.45) is 0 Å². The molecule has 0 saturated carbocycles. The molecule has 1 aromatic carbocycles. The minimum absolute atomic E-state index is 0.141. The molecule has 0 aliphatic carbocycles. The third kappa shape index (κ3) is 3.85. The molecule has 0 unspecified atom stereocenters. The van der Waals surface area contributed by atoms with Crippen LogP contribution < -0.4 is 4.74 Å². The summed E-state index contributed by atoms with van der Waals surface area (Å²) in [6.45, 7) is 0. The van der Waals surface area contributed by atoms with Crippen molar-refractivity contribution in [2.75, 3.05) is 7.11 Å². The second-order valence-corrected chi connectivity index (χ2v) is 4.68. The maximum absolute atomic E-state index is 13.2. The minimum Gasteiger partial charge on any atom is -0.494 e. The lowest BCUT2D eigenvalue weighted by Gasteiger charge is -2.12. The lowest BCUT2D eigenvalue weighted by atomic mass is 10.1. The van der Waals surface area contributed by atoms with E-state index in [0.717, 1.165) is 6.07 Å². The number of hydrogen-bond donors (Lipinski definition) is 0. The highest BCUT2D eigenvalue weighted by Gasteiger charge is 2.29. The monoisotopic (exact) mass is 319 g/mol. The smallest absolute Gasteiger partial charge is 0.394 e. The maximum atomic E-state index is 13.2. The van der Waals surface area contributed by atoms with Crippen molar-refractivity contribution in [2.45, 2.75) is 12.6 Å². The number of alkyl halides is 3. The zero-order valence-electron chi connectivity index (χ0n) is 10.8. The van der Waals surface area contributed by atoms with Crippen molar-refractivity contribution in [3.63, 3.8) is 0 Å². The Kier molecular flexibility index (Phi) is 4.37. The van der Waals surface area contributed by atoms with E-state index in [4.69, 9.17) is 16.3 Å². The average molecular weight is 320 g/mol. The molecular formula is C14H10ClF4NO. The van der Waals surface area contributed by atoms with Crippen LogP contribution in [0, 0.1) is 5.82 Å². The first kappa shape index (κ1) is 15.6. The molecule has 21 heavy (non-hydrogen) atoms. The Morgan fingerprint density at radius 1 is 1.19 bits per heavy atom. The SMILES string of the molecule is COc1ccc(CC(F)(F)F)nc1-c1ccc(F)c(Cl)c1. The fraction of sp³-hybridized carbons (Fsp3) is 0.214. The van der Waals surface area contributed by atoms with Gasteiger partial charge in [-0.25, -0.2) is 9.37 Å². The summed E-state index contributed by atoms with van der Waals surface area (Å²) in [4.78, 5) is 3.94. The Bertz CT molecular complexity index is 658. The van der Waals surface area contributed by atoms with Crippen molar-refractivity contribution in [3.05, 3.63) is 46.9 Å². The van der Waals surface area contributed by atoms with E-state index in [-0.39, 0.29) is 22.2 Å². The molecule has 0 amide bonds. The summed E-state index contributed by atoms with van der Waals surface area (Å²) in [5.41, 5.74) is 0.405. The summed E-state index contributed by atoms with van der Waals surface area (Å²) in [5, 5.41) is -0.141. The molecule has 112 valence electrons. The van der Waals surface area contributed by atoms with Gasteiger partial charge in [0.2, 0.25) is 0 Å². The van der Waals surface area contributed by atoms with Gasteiger partial charge in [0.25, 0.3) is 0 Å². The van der Waals surface area contributed by atoms with Crippen molar-refractivity contribution in [1.82, 2.24) is 4.98 Å². The van der Waals surface area contributed by atoms with Gasteiger partial charge in [-0.3, -0.25) is 0 Å². The number of hydrogen-bond acceptors (Lipinski definition) is 2. The van der Waals surface area contributed by atoms with Crippen LogP contribution in [-0.4, -0.2) is 18.3 Å². The molecule has 2 rings (SSSR count). The van der Waals surface area contributed by atoms with E-state index in [1.165, 1.54) is 31.4 Å². The van der Waals surface area contributed by atoms with Crippen LogP contribution in [0.2, 0.25) is 5.02 Å². The molecule has 0 fully saturated rings. The molecule has 0 atom stereocenters. The molecule has 7 heteroatoms. The zero-order valence-corrected chi connectivity index (χ0v) is 11.6.